The number of anilines is 1. The van der Waals surface area contributed by atoms with Crippen LogP contribution in [0, 0.1) is 5.82 Å². The molecule has 0 radical (unpaired) electrons. The summed E-state index contributed by atoms with van der Waals surface area (Å²) in [5.41, 5.74) is 8.95. The minimum Gasteiger partial charge on any atom is -0.465 e. The Balaban J connectivity index is 1.45. The average Bonchev–Trinajstić information content (AvgIpc) is 3.32. The summed E-state index contributed by atoms with van der Waals surface area (Å²) in [4.78, 5) is 21.3. The monoisotopic (exact) mass is 466 g/mol. The highest BCUT2D eigenvalue weighted by molar-refractivity contribution is 6.35. The third kappa shape index (κ3) is 3.95. The Hall–Kier alpha value is -3.72. The lowest BCUT2D eigenvalue weighted by Gasteiger charge is -2.30. The van der Waals surface area contributed by atoms with Crippen LogP contribution in [0.2, 0.25) is 5.02 Å². The van der Waals surface area contributed by atoms with Crippen LogP contribution in [0.1, 0.15) is 18.9 Å². The maximum absolute atomic E-state index is 14.1. The van der Waals surface area contributed by atoms with Gasteiger partial charge in [-0.15, -0.1) is 0 Å². The zero-order valence-corrected chi connectivity index (χ0v) is 18.2. The number of halogens is 2. The van der Waals surface area contributed by atoms with Crippen molar-refractivity contribution in [3.05, 3.63) is 59.9 Å². The van der Waals surface area contributed by atoms with E-state index >= 15 is 0 Å². The fraction of sp³-hybridized carbons (Fsp3) is 0.217. The van der Waals surface area contributed by atoms with Crippen LogP contribution in [-0.4, -0.2) is 48.9 Å². The van der Waals surface area contributed by atoms with Crippen molar-refractivity contribution in [3.63, 3.8) is 0 Å². The van der Waals surface area contributed by atoms with Crippen LogP contribution in [0.25, 0.3) is 33.2 Å². The van der Waals surface area contributed by atoms with E-state index in [-0.39, 0.29) is 6.04 Å². The second kappa shape index (κ2) is 8.32. The Morgan fingerprint density at radius 3 is 2.64 bits per heavy atom. The van der Waals surface area contributed by atoms with Gasteiger partial charge in [0.25, 0.3) is 0 Å². The summed E-state index contributed by atoms with van der Waals surface area (Å²) in [6.45, 7) is 0.971. The predicted octanol–water partition coefficient (Wildman–Crippen LogP) is 4.85. The zero-order valence-electron chi connectivity index (χ0n) is 17.4. The number of piperidine rings is 1. The van der Waals surface area contributed by atoms with Crippen molar-refractivity contribution in [3.8, 4) is 22.4 Å². The van der Waals surface area contributed by atoms with Crippen molar-refractivity contribution in [2.75, 3.05) is 18.8 Å². The van der Waals surface area contributed by atoms with Crippen molar-refractivity contribution in [1.29, 1.82) is 0 Å². The molecule has 168 valence electrons. The van der Waals surface area contributed by atoms with Crippen LogP contribution in [0.4, 0.5) is 15.0 Å². The molecule has 1 aliphatic rings. The molecule has 1 aliphatic heterocycles. The molecule has 0 saturated carbocycles. The van der Waals surface area contributed by atoms with E-state index in [4.69, 9.17) is 22.4 Å². The molecule has 10 heteroatoms. The molecule has 3 N–H and O–H groups in total. The SMILES string of the molecule is Nc1ncc(-c2cnn(C3CCN(C(=O)O)CC3)c2)cc1-c1cc2c(Cl)ccc(F)c2cn1. The lowest BCUT2D eigenvalue weighted by molar-refractivity contribution is 0.124. The van der Waals surface area contributed by atoms with Crippen molar-refractivity contribution >= 4 is 34.3 Å². The molecule has 33 heavy (non-hydrogen) atoms. The van der Waals surface area contributed by atoms with Gasteiger partial charge in [0.15, 0.2) is 0 Å². The van der Waals surface area contributed by atoms with E-state index < -0.39 is 11.9 Å². The lowest BCUT2D eigenvalue weighted by Crippen LogP contribution is -2.38. The van der Waals surface area contributed by atoms with Gasteiger partial charge in [-0.2, -0.15) is 5.10 Å². The summed E-state index contributed by atoms with van der Waals surface area (Å²) in [5, 5.41) is 14.9. The molecule has 0 spiro atoms. The molecule has 0 unspecified atom stereocenters. The predicted molar refractivity (Wildman–Crippen MR) is 123 cm³/mol. The lowest BCUT2D eigenvalue weighted by atomic mass is 10.0. The fourth-order valence-corrected chi connectivity index (χ4v) is 4.38. The highest BCUT2D eigenvalue weighted by Crippen LogP contribution is 2.33. The summed E-state index contributed by atoms with van der Waals surface area (Å²) in [5.74, 6) is -0.0959. The second-order valence-electron chi connectivity index (χ2n) is 8.01. The van der Waals surface area contributed by atoms with Crippen LogP contribution < -0.4 is 5.73 Å². The number of hydrogen-bond donors (Lipinski definition) is 2. The van der Waals surface area contributed by atoms with E-state index in [0.29, 0.717) is 58.8 Å². The van der Waals surface area contributed by atoms with Gasteiger partial charge in [-0.1, -0.05) is 11.6 Å². The number of amides is 1. The smallest absolute Gasteiger partial charge is 0.407 e. The van der Waals surface area contributed by atoms with Crippen LogP contribution >= 0.6 is 11.6 Å². The number of nitrogens with two attached hydrogens (primary N) is 1. The highest BCUT2D eigenvalue weighted by Gasteiger charge is 2.24. The molecular weight excluding hydrogens is 447 g/mol. The van der Waals surface area contributed by atoms with Crippen molar-refractivity contribution in [2.45, 2.75) is 18.9 Å². The Morgan fingerprint density at radius 1 is 1.09 bits per heavy atom. The molecule has 1 aromatic carbocycles. The number of pyridine rings is 2. The summed E-state index contributed by atoms with van der Waals surface area (Å²) in [6, 6.07) is 6.53. The third-order valence-corrected chi connectivity index (χ3v) is 6.36. The van der Waals surface area contributed by atoms with Gasteiger partial charge in [0.05, 0.1) is 17.9 Å². The topological polar surface area (TPSA) is 110 Å². The molecule has 5 rings (SSSR count). The molecule has 1 fully saturated rings. The first-order valence-corrected chi connectivity index (χ1v) is 10.8. The van der Waals surface area contributed by atoms with Crippen LogP contribution in [0.5, 0.6) is 0 Å². The molecule has 3 aromatic heterocycles. The van der Waals surface area contributed by atoms with E-state index in [0.717, 1.165) is 11.1 Å². The van der Waals surface area contributed by atoms with E-state index in [1.807, 2.05) is 16.9 Å². The number of nitrogens with zero attached hydrogens (tertiary/aromatic N) is 5. The number of rotatable bonds is 3. The maximum atomic E-state index is 14.1. The number of carboxylic acid groups (broad SMARTS) is 1. The summed E-state index contributed by atoms with van der Waals surface area (Å²) in [7, 11) is 0. The largest absolute Gasteiger partial charge is 0.465 e. The van der Waals surface area contributed by atoms with Crippen LogP contribution in [0.3, 0.4) is 0 Å². The van der Waals surface area contributed by atoms with Gasteiger partial charge in [-0.25, -0.2) is 14.2 Å². The summed E-state index contributed by atoms with van der Waals surface area (Å²) < 4.78 is 16.0. The minimum atomic E-state index is -0.888. The molecule has 8 nitrogen and oxygen atoms in total. The normalized spacial score (nSPS) is 14.7. The Kier molecular flexibility index (Phi) is 5.33. The van der Waals surface area contributed by atoms with Crippen molar-refractivity contribution in [2.24, 2.45) is 0 Å². The van der Waals surface area contributed by atoms with Crippen molar-refractivity contribution in [1.82, 2.24) is 24.6 Å². The number of likely N-dealkylation sites (tertiary alicyclic amines) is 1. The van der Waals surface area contributed by atoms with Gasteiger partial charge in [0, 0.05) is 64.2 Å². The first kappa shape index (κ1) is 21.1. The zero-order chi connectivity index (χ0) is 23.1. The van der Waals surface area contributed by atoms with Crippen molar-refractivity contribution < 1.29 is 14.3 Å². The van der Waals surface area contributed by atoms with Gasteiger partial charge >= 0.3 is 6.09 Å². The molecular formula is C23H20ClFN6O2. The first-order chi connectivity index (χ1) is 15.9. The van der Waals surface area contributed by atoms with Crippen LogP contribution in [0.15, 0.2) is 49.1 Å². The quantitative estimate of drug-likeness (QED) is 0.446. The van der Waals surface area contributed by atoms with E-state index in [2.05, 4.69) is 15.1 Å². The molecule has 4 aromatic rings. The maximum Gasteiger partial charge on any atom is 0.407 e. The molecule has 0 bridgehead atoms. The Labute approximate surface area is 193 Å². The van der Waals surface area contributed by atoms with Gasteiger partial charge in [-0.05, 0) is 37.1 Å². The minimum absolute atomic E-state index is 0.134. The molecule has 1 amide bonds. The summed E-state index contributed by atoms with van der Waals surface area (Å²) in [6.07, 6.45) is 7.31. The number of carbonyl (C=O) groups is 1. The van der Waals surface area contributed by atoms with E-state index in [9.17, 15) is 9.18 Å². The standard InChI is InChI=1S/C23H20ClFN6O2/c24-19-1-2-20(25)18-11-27-21(8-16(18)19)17-7-13(9-28-22(17)26)14-10-29-31(12-14)15-3-5-30(6-4-15)23(32)33/h1-2,7-12,15H,3-6H2,(H2,26,28)(H,32,33). The van der Waals surface area contributed by atoms with Crippen LogP contribution in [-0.2, 0) is 0 Å². The van der Waals surface area contributed by atoms with Gasteiger partial charge < -0.3 is 15.7 Å². The average molecular weight is 467 g/mol. The number of nitrogen functional groups attached to an aromatic ring is 1. The van der Waals surface area contributed by atoms with E-state index in [1.54, 1.807) is 18.5 Å². The fourth-order valence-electron chi connectivity index (χ4n) is 4.16. The third-order valence-electron chi connectivity index (χ3n) is 6.03. The number of benzene rings is 1. The highest BCUT2D eigenvalue weighted by atomic mass is 35.5. The molecule has 4 heterocycles. The molecule has 0 aliphatic carbocycles. The van der Waals surface area contributed by atoms with E-state index in [1.165, 1.54) is 23.2 Å². The van der Waals surface area contributed by atoms with Gasteiger partial charge in [0.2, 0.25) is 0 Å². The second-order valence-corrected chi connectivity index (χ2v) is 8.42. The number of hydrogen-bond acceptors (Lipinski definition) is 5. The summed E-state index contributed by atoms with van der Waals surface area (Å²) >= 11 is 6.27. The molecule has 0 atom stereocenters. The number of fused-ring (bicyclic) bond motifs is 1. The number of aromatic nitrogens is 4. The van der Waals surface area contributed by atoms with Gasteiger partial charge in [0.1, 0.15) is 11.6 Å². The molecule has 1 saturated heterocycles. The first-order valence-electron chi connectivity index (χ1n) is 10.4. The Morgan fingerprint density at radius 2 is 1.88 bits per heavy atom. The van der Waals surface area contributed by atoms with Gasteiger partial charge in [-0.3, -0.25) is 9.67 Å². The Bertz CT molecular complexity index is 1370.